The van der Waals surface area contributed by atoms with Crippen molar-refractivity contribution in [2.75, 3.05) is 12.8 Å². The number of benzene rings is 2. The number of rotatable bonds is 4. The topological polar surface area (TPSA) is 85.8 Å². The van der Waals surface area contributed by atoms with Crippen LogP contribution in [0.5, 0.6) is 5.75 Å². The fourth-order valence-electron chi connectivity index (χ4n) is 2.53. The van der Waals surface area contributed by atoms with Crippen molar-refractivity contribution in [2.45, 2.75) is 6.92 Å². The summed E-state index contributed by atoms with van der Waals surface area (Å²) in [5, 5.41) is 10.9. The first-order valence-corrected chi connectivity index (χ1v) is 9.45. The molecule has 0 saturated heterocycles. The van der Waals surface area contributed by atoms with E-state index in [0.29, 0.717) is 15.8 Å². The zero-order valence-electron chi connectivity index (χ0n) is 14.1. The highest BCUT2D eigenvalue weighted by molar-refractivity contribution is 7.19. The number of hydrogen-bond acceptors (Lipinski definition) is 8. The SMILES string of the molecule is COc1ccc(-c2nc(N)sc2N=Nc2ccc3sc(C)nc3c2)cc1. The molecule has 130 valence electrons. The van der Waals surface area contributed by atoms with Crippen LogP contribution in [0.3, 0.4) is 0 Å². The summed E-state index contributed by atoms with van der Waals surface area (Å²) in [5.74, 6) is 0.784. The van der Waals surface area contributed by atoms with Gasteiger partial charge in [-0.25, -0.2) is 9.97 Å². The smallest absolute Gasteiger partial charge is 0.182 e. The fourth-order valence-corrected chi connectivity index (χ4v) is 4.01. The van der Waals surface area contributed by atoms with Crippen molar-refractivity contribution in [3.8, 4) is 17.0 Å². The Morgan fingerprint density at radius 3 is 2.58 bits per heavy atom. The molecule has 2 N–H and O–H groups in total. The number of anilines is 1. The highest BCUT2D eigenvalue weighted by Crippen LogP contribution is 2.38. The molecule has 0 amide bonds. The zero-order chi connectivity index (χ0) is 18.1. The number of nitrogens with zero attached hydrogens (tertiary/aromatic N) is 4. The molecule has 0 fully saturated rings. The summed E-state index contributed by atoms with van der Waals surface area (Å²) in [6, 6.07) is 13.5. The van der Waals surface area contributed by atoms with E-state index in [0.717, 1.165) is 32.2 Å². The first kappa shape index (κ1) is 16.6. The number of fused-ring (bicyclic) bond motifs is 1. The van der Waals surface area contributed by atoms with Gasteiger partial charge < -0.3 is 10.5 Å². The molecule has 2 heterocycles. The summed E-state index contributed by atoms with van der Waals surface area (Å²) in [4.78, 5) is 8.88. The van der Waals surface area contributed by atoms with Gasteiger partial charge in [0.2, 0.25) is 0 Å². The lowest BCUT2D eigenvalue weighted by atomic mass is 10.1. The molecular formula is C18H15N5OS2. The quantitative estimate of drug-likeness (QED) is 0.457. The molecular weight excluding hydrogens is 366 g/mol. The van der Waals surface area contributed by atoms with Crippen LogP contribution in [0, 0.1) is 6.92 Å². The first-order valence-electron chi connectivity index (χ1n) is 7.82. The Morgan fingerprint density at radius 2 is 1.81 bits per heavy atom. The van der Waals surface area contributed by atoms with Crippen LogP contribution in [0.25, 0.3) is 21.5 Å². The number of nitrogen functional groups attached to an aromatic ring is 1. The Bertz CT molecular complexity index is 1100. The minimum absolute atomic E-state index is 0.454. The maximum absolute atomic E-state index is 5.89. The molecule has 0 bridgehead atoms. The molecule has 0 unspecified atom stereocenters. The highest BCUT2D eigenvalue weighted by Gasteiger charge is 2.12. The summed E-state index contributed by atoms with van der Waals surface area (Å²) in [5.41, 5.74) is 9.20. The second kappa shape index (κ2) is 6.81. The van der Waals surface area contributed by atoms with Gasteiger partial charge in [-0.15, -0.1) is 21.6 Å². The van der Waals surface area contributed by atoms with Crippen LogP contribution in [-0.4, -0.2) is 17.1 Å². The van der Waals surface area contributed by atoms with Crippen molar-refractivity contribution < 1.29 is 4.74 Å². The minimum atomic E-state index is 0.454. The molecule has 0 atom stereocenters. The van der Waals surface area contributed by atoms with E-state index in [9.17, 15) is 0 Å². The Labute approximate surface area is 158 Å². The minimum Gasteiger partial charge on any atom is -0.497 e. The van der Waals surface area contributed by atoms with Crippen molar-refractivity contribution in [2.24, 2.45) is 10.2 Å². The number of aromatic nitrogens is 2. The Balaban J connectivity index is 1.67. The maximum Gasteiger partial charge on any atom is 0.182 e. The van der Waals surface area contributed by atoms with Crippen LogP contribution in [0.1, 0.15) is 5.01 Å². The third-order valence-electron chi connectivity index (χ3n) is 3.72. The second-order valence-corrected chi connectivity index (χ2v) is 7.76. The Morgan fingerprint density at radius 1 is 1.00 bits per heavy atom. The number of aryl methyl sites for hydroxylation is 1. The van der Waals surface area contributed by atoms with E-state index in [1.165, 1.54) is 11.3 Å². The van der Waals surface area contributed by atoms with E-state index < -0.39 is 0 Å². The first-order chi connectivity index (χ1) is 12.6. The standard InChI is InChI=1S/C18H15N5OS2/c1-10-20-14-9-12(5-8-15(14)25-10)22-23-17-16(21-18(19)26-17)11-3-6-13(24-2)7-4-11/h3-9H,1-2H3,(H2,19,21). The van der Waals surface area contributed by atoms with Crippen molar-refractivity contribution in [1.82, 2.24) is 9.97 Å². The normalized spacial score (nSPS) is 11.5. The van der Waals surface area contributed by atoms with E-state index in [4.69, 9.17) is 10.5 Å². The van der Waals surface area contributed by atoms with Gasteiger partial charge >= 0.3 is 0 Å². The summed E-state index contributed by atoms with van der Waals surface area (Å²) >= 11 is 2.97. The van der Waals surface area contributed by atoms with Crippen LogP contribution >= 0.6 is 22.7 Å². The average molecular weight is 381 g/mol. The number of nitrogens with two attached hydrogens (primary N) is 1. The lowest BCUT2D eigenvalue weighted by Gasteiger charge is -2.01. The number of hydrogen-bond donors (Lipinski definition) is 1. The molecule has 8 heteroatoms. The zero-order valence-corrected chi connectivity index (χ0v) is 15.8. The monoisotopic (exact) mass is 381 g/mol. The summed E-state index contributed by atoms with van der Waals surface area (Å²) < 4.78 is 6.33. The fraction of sp³-hybridized carbons (Fsp3) is 0.111. The molecule has 0 radical (unpaired) electrons. The third kappa shape index (κ3) is 3.29. The lowest BCUT2D eigenvalue weighted by molar-refractivity contribution is 0.415. The predicted molar refractivity (Wildman–Crippen MR) is 107 cm³/mol. The number of ether oxygens (including phenoxy) is 1. The van der Waals surface area contributed by atoms with Gasteiger partial charge in [0.1, 0.15) is 11.4 Å². The number of thiazole rings is 2. The van der Waals surface area contributed by atoms with Crippen LogP contribution in [-0.2, 0) is 0 Å². The molecule has 4 aromatic rings. The van der Waals surface area contributed by atoms with E-state index in [-0.39, 0.29) is 0 Å². The molecule has 2 aromatic carbocycles. The molecule has 0 aliphatic rings. The largest absolute Gasteiger partial charge is 0.497 e. The molecule has 0 aliphatic carbocycles. The Hall–Kier alpha value is -2.84. The van der Waals surface area contributed by atoms with Crippen molar-refractivity contribution >= 4 is 48.7 Å². The Kier molecular flexibility index (Phi) is 4.36. The van der Waals surface area contributed by atoms with Gasteiger partial charge in [0, 0.05) is 5.56 Å². The maximum atomic E-state index is 5.89. The summed E-state index contributed by atoms with van der Waals surface area (Å²) in [6.07, 6.45) is 0. The number of methoxy groups -OCH3 is 1. The van der Waals surface area contributed by atoms with Crippen LogP contribution in [0.15, 0.2) is 52.7 Å². The van der Waals surface area contributed by atoms with Crippen LogP contribution in [0.4, 0.5) is 15.8 Å². The molecule has 0 spiro atoms. The number of azo groups is 1. The molecule has 2 aromatic heterocycles. The molecule has 0 aliphatic heterocycles. The average Bonchev–Trinajstić information content (AvgIpc) is 3.20. The van der Waals surface area contributed by atoms with Crippen LogP contribution in [0.2, 0.25) is 0 Å². The third-order valence-corrected chi connectivity index (χ3v) is 5.44. The van der Waals surface area contributed by atoms with E-state index >= 15 is 0 Å². The van der Waals surface area contributed by atoms with Gasteiger partial charge in [-0.1, -0.05) is 11.3 Å². The highest BCUT2D eigenvalue weighted by atomic mass is 32.1. The summed E-state index contributed by atoms with van der Waals surface area (Å²) in [7, 11) is 1.64. The van der Waals surface area contributed by atoms with Crippen molar-refractivity contribution in [3.05, 3.63) is 47.5 Å². The van der Waals surface area contributed by atoms with Crippen LogP contribution < -0.4 is 10.5 Å². The molecule has 0 saturated carbocycles. The van der Waals surface area contributed by atoms with Gasteiger partial charge in [-0.05, 0) is 49.4 Å². The van der Waals surface area contributed by atoms with Gasteiger partial charge in [0.05, 0.1) is 28.0 Å². The molecule has 4 rings (SSSR count). The van der Waals surface area contributed by atoms with Crippen molar-refractivity contribution in [3.63, 3.8) is 0 Å². The predicted octanol–water partition coefficient (Wildman–Crippen LogP) is 5.73. The molecule has 26 heavy (non-hydrogen) atoms. The van der Waals surface area contributed by atoms with Gasteiger partial charge in [0.25, 0.3) is 0 Å². The van der Waals surface area contributed by atoms with Gasteiger partial charge in [-0.2, -0.15) is 0 Å². The van der Waals surface area contributed by atoms with E-state index in [1.54, 1.807) is 18.4 Å². The second-order valence-electron chi connectivity index (χ2n) is 5.52. The lowest BCUT2D eigenvalue weighted by Crippen LogP contribution is -1.84. The van der Waals surface area contributed by atoms with Crippen molar-refractivity contribution in [1.29, 1.82) is 0 Å². The van der Waals surface area contributed by atoms with Gasteiger partial charge in [0.15, 0.2) is 10.1 Å². The molecule has 6 nitrogen and oxygen atoms in total. The van der Waals surface area contributed by atoms with Gasteiger partial charge in [-0.3, -0.25) is 0 Å². The van der Waals surface area contributed by atoms with E-state index in [2.05, 4.69) is 20.2 Å². The van der Waals surface area contributed by atoms with E-state index in [1.807, 2.05) is 49.4 Å². The summed E-state index contributed by atoms with van der Waals surface area (Å²) in [6.45, 7) is 1.99.